The molecule has 1 aromatic rings. The van der Waals surface area contributed by atoms with Crippen molar-refractivity contribution < 1.29 is 39.6 Å². The largest absolute Gasteiger partial charge is 0.828 e. The summed E-state index contributed by atoms with van der Waals surface area (Å²) in [7, 11) is 0. The monoisotopic (exact) mass is 553 g/mol. The van der Waals surface area contributed by atoms with Gasteiger partial charge >= 0.3 is 0 Å². The first kappa shape index (κ1) is 32.9. The van der Waals surface area contributed by atoms with Crippen LogP contribution in [0, 0.1) is 10.1 Å². The van der Waals surface area contributed by atoms with Crippen molar-refractivity contribution in [2.75, 3.05) is 11.9 Å². The minimum atomic E-state index is -1.94. The molecule has 1 aromatic carbocycles. The zero-order valence-electron chi connectivity index (χ0n) is 23.0. The minimum Gasteiger partial charge on any atom is -0.828 e. The van der Waals surface area contributed by atoms with Crippen molar-refractivity contribution in [3.63, 3.8) is 0 Å². The van der Waals surface area contributed by atoms with E-state index < -0.39 is 42.2 Å². The molecule has 1 saturated heterocycles. The molecule has 0 spiro atoms. The molecular weight excluding hydrogens is 508 g/mol. The van der Waals surface area contributed by atoms with E-state index in [1.54, 1.807) is 0 Å². The topological polar surface area (TPSA) is 174 Å². The number of anilines is 1. The summed E-state index contributed by atoms with van der Waals surface area (Å²) in [4.78, 5) is 23.2. The third-order valence-corrected chi connectivity index (χ3v) is 7.04. The number of non-ortho nitro benzene ring substituents is 1. The number of unbranched alkanes of at least 4 members (excludes halogenated alkanes) is 12. The van der Waals surface area contributed by atoms with Gasteiger partial charge in [-0.3, -0.25) is 14.9 Å². The quantitative estimate of drug-likeness (QED) is 0.113. The van der Waals surface area contributed by atoms with Crippen LogP contribution in [0.15, 0.2) is 18.2 Å². The van der Waals surface area contributed by atoms with Gasteiger partial charge in [0.05, 0.1) is 17.2 Å². The fraction of sp³-hybridized carbons (Fsp3) is 0.750. The summed E-state index contributed by atoms with van der Waals surface area (Å²) in [6.45, 7) is 1.56. The van der Waals surface area contributed by atoms with E-state index in [2.05, 4.69) is 12.2 Å². The number of ether oxygens (including phenoxy) is 2. The first-order valence-electron chi connectivity index (χ1n) is 14.3. The van der Waals surface area contributed by atoms with Gasteiger partial charge in [-0.05, 0) is 12.5 Å². The fourth-order valence-electron chi connectivity index (χ4n) is 4.68. The highest BCUT2D eigenvalue weighted by atomic mass is 16.7. The molecule has 2 rings (SSSR count). The Bertz CT molecular complexity index is 869. The second-order valence-electron chi connectivity index (χ2n) is 10.3. The van der Waals surface area contributed by atoms with Gasteiger partial charge in [0.1, 0.15) is 30.2 Å². The fourth-order valence-corrected chi connectivity index (χ4v) is 4.68. The van der Waals surface area contributed by atoms with Gasteiger partial charge in [-0.1, -0.05) is 84.0 Å². The summed E-state index contributed by atoms with van der Waals surface area (Å²) in [6.07, 6.45) is 7.56. The van der Waals surface area contributed by atoms with Crippen molar-refractivity contribution in [1.29, 1.82) is 0 Å². The van der Waals surface area contributed by atoms with Gasteiger partial charge < -0.3 is 35.2 Å². The number of hydrogen-bond donors (Lipinski definition) is 4. The predicted molar refractivity (Wildman–Crippen MR) is 144 cm³/mol. The van der Waals surface area contributed by atoms with E-state index in [1.165, 1.54) is 63.9 Å². The van der Waals surface area contributed by atoms with Gasteiger partial charge in [0.15, 0.2) is 0 Å². The molecule has 1 aliphatic heterocycles. The number of nitrogens with one attached hydrogen (secondary N) is 1. The molecule has 1 amide bonds. The summed E-state index contributed by atoms with van der Waals surface area (Å²) < 4.78 is 10.5. The van der Waals surface area contributed by atoms with E-state index in [0.29, 0.717) is 6.42 Å². The van der Waals surface area contributed by atoms with Crippen LogP contribution in [0.2, 0.25) is 0 Å². The molecule has 5 atom stereocenters. The number of aliphatic hydroxyl groups is 3. The maximum absolute atomic E-state index is 12.6. The minimum absolute atomic E-state index is 0.0259. The lowest BCUT2D eigenvalue weighted by Crippen LogP contribution is -2.64. The lowest BCUT2D eigenvalue weighted by Gasteiger charge is -2.45. The summed E-state index contributed by atoms with van der Waals surface area (Å²) in [5, 5.41) is 55.8. The summed E-state index contributed by atoms with van der Waals surface area (Å²) in [6, 6.07) is 3.46. The second kappa shape index (κ2) is 18.1. The van der Waals surface area contributed by atoms with Crippen LogP contribution >= 0.6 is 0 Å². The number of nitro benzene ring substituents is 1. The van der Waals surface area contributed by atoms with Crippen LogP contribution in [-0.4, -0.2) is 63.5 Å². The number of carbonyl (C=O) groups is 1. The van der Waals surface area contributed by atoms with Gasteiger partial charge in [0, 0.05) is 24.8 Å². The Morgan fingerprint density at radius 2 is 1.54 bits per heavy atom. The number of hydrogen-bond acceptors (Lipinski definition) is 9. The Morgan fingerprint density at radius 1 is 0.974 bits per heavy atom. The number of benzene rings is 1. The van der Waals surface area contributed by atoms with E-state index in [1.807, 2.05) is 0 Å². The molecule has 0 aromatic heterocycles. The van der Waals surface area contributed by atoms with E-state index in [4.69, 9.17) is 9.47 Å². The maximum atomic E-state index is 12.6. The molecule has 11 heteroatoms. The molecule has 4 N–H and O–H groups in total. The lowest BCUT2D eigenvalue weighted by molar-refractivity contribution is -0.530. The highest BCUT2D eigenvalue weighted by Gasteiger charge is 2.41. The molecular formula is C28H45N2O9-. The van der Waals surface area contributed by atoms with E-state index in [9.17, 15) is 35.3 Å². The van der Waals surface area contributed by atoms with Crippen LogP contribution in [0.3, 0.4) is 0 Å². The van der Waals surface area contributed by atoms with E-state index in [0.717, 1.165) is 31.4 Å². The number of nitro groups is 1. The van der Waals surface area contributed by atoms with Crippen molar-refractivity contribution in [3.8, 4) is 5.75 Å². The van der Waals surface area contributed by atoms with Crippen molar-refractivity contribution >= 4 is 17.3 Å². The van der Waals surface area contributed by atoms with Gasteiger partial charge in [-0.2, -0.15) is 0 Å². The zero-order chi connectivity index (χ0) is 28.6. The van der Waals surface area contributed by atoms with E-state index in [-0.39, 0.29) is 29.5 Å². The molecule has 11 nitrogen and oxygen atoms in total. The van der Waals surface area contributed by atoms with Gasteiger partial charge in [0.25, 0.3) is 5.69 Å². The molecule has 1 fully saturated rings. The predicted octanol–water partition coefficient (Wildman–Crippen LogP) is 3.56. The molecule has 0 bridgehead atoms. The van der Waals surface area contributed by atoms with Gasteiger partial charge in [0.2, 0.25) is 5.91 Å². The highest BCUT2D eigenvalue weighted by Crippen LogP contribution is 2.32. The Morgan fingerprint density at radius 3 is 2.08 bits per heavy atom. The summed E-state index contributed by atoms with van der Waals surface area (Å²) >= 11 is 0. The molecule has 39 heavy (non-hydrogen) atoms. The van der Waals surface area contributed by atoms with Crippen LogP contribution in [-0.2, 0) is 9.53 Å². The number of nitrogens with zero attached hydrogens (tertiary/aromatic N) is 1. The molecule has 0 saturated carbocycles. The molecule has 1 heterocycles. The van der Waals surface area contributed by atoms with Crippen molar-refractivity contribution in [1.82, 2.24) is 0 Å². The Kier molecular flexibility index (Phi) is 15.3. The van der Waals surface area contributed by atoms with Crippen LogP contribution in [0.25, 0.3) is 0 Å². The molecule has 1 aliphatic rings. The van der Waals surface area contributed by atoms with Crippen LogP contribution in [0.5, 0.6) is 5.75 Å². The smallest absolute Gasteiger partial charge is 0.271 e. The lowest BCUT2D eigenvalue weighted by atomic mass is 9.99. The molecule has 222 valence electrons. The standard InChI is InChI=1S/C28H45N2O9/c1-2-3-4-5-6-7-8-9-10-11-12-13-14-15-24(32)29-21-18-20(30(36)37)16-17-22(21)38-27-26(34)25(33)23(19-31)39-28(27)35/h16-18,23,25-28,31,33-34H,2-15,19H2,1H3,(H,29,32)/q-1/t23-,25+,26+,27-,28-/m1/s1. The van der Waals surface area contributed by atoms with E-state index >= 15 is 0 Å². The first-order valence-corrected chi connectivity index (χ1v) is 14.3. The Hall–Kier alpha value is -2.31. The zero-order valence-corrected chi connectivity index (χ0v) is 23.0. The normalized spacial score (nSPS) is 22.9. The molecule has 0 aliphatic carbocycles. The number of aliphatic hydroxyl groups excluding tert-OH is 3. The molecule has 0 unspecified atom stereocenters. The summed E-state index contributed by atoms with van der Waals surface area (Å²) in [5.74, 6) is -0.439. The SMILES string of the molecule is CCCCCCCCCCCCCCCC(=O)Nc1cc([N+](=O)[O-])ccc1O[C@@H]1[C@@H](O)[C@@H](O)[C@@H](CO)O[C@H]1[O-]. The number of rotatable bonds is 19. The number of amides is 1. The van der Waals surface area contributed by atoms with Gasteiger partial charge in [-0.15, -0.1) is 0 Å². The average Bonchev–Trinajstić information content (AvgIpc) is 2.91. The molecule has 0 radical (unpaired) electrons. The summed E-state index contributed by atoms with van der Waals surface area (Å²) in [5.41, 5.74) is -0.319. The maximum Gasteiger partial charge on any atom is 0.271 e. The average molecular weight is 554 g/mol. The van der Waals surface area contributed by atoms with Crippen molar-refractivity contribution in [2.45, 2.75) is 128 Å². The third kappa shape index (κ3) is 11.4. The Labute approximate surface area is 230 Å². The first-order chi connectivity index (χ1) is 18.8. The van der Waals surface area contributed by atoms with Crippen molar-refractivity contribution in [2.24, 2.45) is 0 Å². The number of carbonyl (C=O) groups excluding carboxylic acids is 1. The highest BCUT2D eigenvalue weighted by molar-refractivity contribution is 5.92. The Balaban J connectivity index is 1.78. The van der Waals surface area contributed by atoms with Crippen LogP contribution in [0.4, 0.5) is 11.4 Å². The van der Waals surface area contributed by atoms with Crippen LogP contribution in [0.1, 0.15) is 96.8 Å². The van der Waals surface area contributed by atoms with Crippen LogP contribution < -0.4 is 15.2 Å². The third-order valence-electron chi connectivity index (χ3n) is 7.04. The van der Waals surface area contributed by atoms with Gasteiger partial charge in [-0.25, -0.2) is 0 Å². The second-order valence-corrected chi connectivity index (χ2v) is 10.3. The van der Waals surface area contributed by atoms with Crippen molar-refractivity contribution in [3.05, 3.63) is 28.3 Å².